The summed E-state index contributed by atoms with van der Waals surface area (Å²) in [6.07, 6.45) is 8.28. The zero-order valence-electron chi connectivity index (χ0n) is 24.0. The first-order chi connectivity index (χ1) is 19.0. The van der Waals surface area contributed by atoms with Crippen LogP contribution in [0, 0.1) is 26.7 Å². The Morgan fingerprint density at radius 3 is 2.65 bits per heavy atom. The lowest BCUT2D eigenvalue weighted by Gasteiger charge is -2.67. The molecule has 1 aliphatic heterocycles. The molecule has 3 N–H and O–H groups in total. The van der Waals surface area contributed by atoms with Gasteiger partial charge in [0.1, 0.15) is 11.2 Å². The Morgan fingerprint density at radius 1 is 1.20 bits per heavy atom. The number of carbonyl (C=O) groups is 1. The molecular weight excluding hydrogens is 520 g/mol. The lowest BCUT2D eigenvalue weighted by Crippen LogP contribution is -2.79. The van der Waals surface area contributed by atoms with Crippen molar-refractivity contribution in [1.82, 2.24) is 29.8 Å². The fourth-order valence-electron chi connectivity index (χ4n) is 8.79. The van der Waals surface area contributed by atoms with Crippen LogP contribution in [-0.4, -0.2) is 65.8 Å². The highest BCUT2D eigenvalue weighted by Crippen LogP contribution is 2.60. The molecule has 210 valence electrons. The van der Waals surface area contributed by atoms with Crippen LogP contribution in [0.1, 0.15) is 84.9 Å². The number of nitrogens with zero attached hydrogens (tertiary/aromatic N) is 4. The Balaban J connectivity index is 1.06. The number of amides is 1. The molecule has 0 unspecified atom stereocenters. The Labute approximate surface area is 238 Å². The van der Waals surface area contributed by atoms with Gasteiger partial charge in [-0.15, -0.1) is 11.3 Å². The number of thiophene rings is 1. The number of hydrogen-bond donors (Lipinski definition) is 3. The lowest BCUT2D eigenvalue weighted by molar-refractivity contribution is -0.220. The summed E-state index contributed by atoms with van der Waals surface area (Å²) in [6, 6.07) is 0.484. The van der Waals surface area contributed by atoms with Gasteiger partial charge in [0.2, 0.25) is 5.91 Å². The third-order valence-corrected chi connectivity index (χ3v) is 12.0. The van der Waals surface area contributed by atoms with Crippen molar-refractivity contribution in [1.29, 1.82) is 0 Å². The van der Waals surface area contributed by atoms with Crippen LogP contribution in [0.2, 0.25) is 0 Å². The first-order valence-corrected chi connectivity index (χ1v) is 15.6. The van der Waals surface area contributed by atoms with E-state index < -0.39 is 5.60 Å². The number of nitrogens with one attached hydrogen (secondary N) is 2. The van der Waals surface area contributed by atoms with E-state index >= 15 is 0 Å². The van der Waals surface area contributed by atoms with E-state index in [1.165, 1.54) is 55.0 Å². The number of hydrogen-bond acceptors (Lipinski definition) is 6. The zero-order valence-corrected chi connectivity index (χ0v) is 24.8. The van der Waals surface area contributed by atoms with Gasteiger partial charge in [0.15, 0.2) is 5.65 Å². The predicted octanol–water partition coefficient (Wildman–Crippen LogP) is 4.95. The SMILES string of the molecule is Cc1c(-c2[nH]c3sc([C@@H]4C[C@@H]5C[C@H]4CN5CC(=O)NC45CC(O)(C4)C5)c(C)c3c2C(C)C)cn2ncnc2c1C. The van der Waals surface area contributed by atoms with E-state index in [1.54, 1.807) is 6.33 Å². The van der Waals surface area contributed by atoms with Gasteiger partial charge in [-0.3, -0.25) is 9.69 Å². The highest BCUT2D eigenvalue weighted by atomic mass is 32.1. The predicted molar refractivity (Wildman–Crippen MR) is 157 cm³/mol. The molecule has 4 bridgehead atoms. The van der Waals surface area contributed by atoms with Crippen molar-refractivity contribution in [2.45, 2.75) is 95.7 Å². The fourth-order valence-corrected chi connectivity index (χ4v) is 10.2. The molecule has 4 aromatic heterocycles. The molecule has 0 aromatic carbocycles. The molecule has 0 spiro atoms. The van der Waals surface area contributed by atoms with E-state index in [2.05, 4.69) is 66.1 Å². The van der Waals surface area contributed by atoms with Gasteiger partial charge in [0.05, 0.1) is 17.8 Å². The monoisotopic (exact) mass is 558 g/mol. The van der Waals surface area contributed by atoms with Crippen LogP contribution in [0.3, 0.4) is 0 Å². The molecule has 0 radical (unpaired) electrons. The number of carbonyl (C=O) groups excluding carboxylic acids is 1. The summed E-state index contributed by atoms with van der Waals surface area (Å²) in [7, 11) is 0. The largest absolute Gasteiger partial charge is 0.390 e. The number of rotatable bonds is 6. The smallest absolute Gasteiger partial charge is 0.234 e. The third kappa shape index (κ3) is 3.40. The molecule has 9 heteroatoms. The number of aliphatic hydroxyl groups is 1. The molecular formula is C31H38N6O2S. The second kappa shape index (κ2) is 8.17. The maximum absolute atomic E-state index is 12.8. The average Bonchev–Trinajstić information content (AvgIpc) is 3.66. The number of aryl methyl sites for hydroxylation is 2. The number of pyridine rings is 1. The van der Waals surface area contributed by atoms with Gasteiger partial charge < -0.3 is 15.4 Å². The summed E-state index contributed by atoms with van der Waals surface area (Å²) in [5.41, 5.74) is 8.00. The maximum atomic E-state index is 12.8. The Morgan fingerprint density at radius 2 is 1.98 bits per heavy atom. The molecule has 4 aliphatic carbocycles. The van der Waals surface area contributed by atoms with E-state index in [4.69, 9.17) is 0 Å². The molecule has 5 heterocycles. The summed E-state index contributed by atoms with van der Waals surface area (Å²) in [4.78, 5) is 26.3. The van der Waals surface area contributed by atoms with Crippen molar-refractivity contribution in [2.24, 2.45) is 5.92 Å². The van der Waals surface area contributed by atoms with Gasteiger partial charge in [0, 0.05) is 40.1 Å². The molecule has 4 aromatic rings. The van der Waals surface area contributed by atoms with E-state index in [-0.39, 0.29) is 11.4 Å². The summed E-state index contributed by atoms with van der Waals surface area (Å²) in [6.45, 7) is 12.7. The van der Waals surface area contributed by atoms with E-state index in [1.807, 2.05) is 15.9 Å². The van der Waals surface area contributed by atoms with Crippen molar-refractivity contribution < 1.29 is 9.90 Å². The normalized spacial score (nSPS) is 30.9. The molecule has 40 heavy (non-hydrogen) atoms. The fraction of sp³-hybridized carbons (Fsp3) is 0.581. The van der Waals surface area contributed by atoms with Gasteiger partial charge in [0.25, 0.3) is 0 Å². The standard InChI is InChI=1S/C31H38N6O2S/c1-15(2)24-25-18(5)27(40-29(25)34-26(24)22-9-37-28(32-14-33-37)17(4)16(22)3)21-7-20-6-19(21)8-36(20)10-23(38)35-30-11-31(39,12-30)13-30/h9,14-15,19-21,34,39H,6-8,10-13H2,1-5H3,(H,35,38)/t19-,20-,21+,30?,31?/m0/s1. The number of piperidine rings is 1. The van der Waals surface area contributed by atoms with E-state index in [0.717, 1.165) is 37.9 Å². The molecule has 5 fully saturated rings. The van der Waals surface area contributed by atoms with Crippen LogP contribution >= 0.6 is 11.3 Å². The van der Waals surface area contributed by atoms with Crippen molar-refractivity contribution in [3.63, 3.8) is 0 Å². The van der Waals surface area contributed by atoms with Gasteiger partial charge >= 0.3 is 0 Å². The minimum absolute atomic E-state index is 0.104. The number of aromatic nitrogens is 4. The summed E-state index contributed by atoms with van der Waals surface area (Å²) in [5, 5.41) is 19.1. The van der Waals surface area contributed by atoms with Crippen molar-refractivity contribution in [2.75, 3.05) is 13.1 Å². The second-order valence-electron chi connectivity index (χ2n) is 13.7. The Kier molecular flexibility index (Phi) is 5.11. The molecule has 4 saturated carbocycles. The Hall–Kier alpha value is -2.75. The van der Waals surface area contributed by atoms with Crippen molar-refractivity contribution in [3.8, 4) is 11.3 Å². The number of fused-ring (bicyclic) bond motifs is 4. The second-order valence-corrected chi connectivity index (χ2v) is 14.7. The molecule has 1 saturated heterocycles. The summed E-state index contributed by atoms with van der Waals surface area (Å²) >= 11 is 1.95. The van der Waals surface area contributed by atoms with Crippen LogP contribution in [0.4, 0.5) is 0 Å². The summed E-state index contributed by atoms with van der Waals surface area (Å²) < 4.78 is 1.90. The molecule has 9 rings (SSSR count). The van der Waals surface area contributed by atoms with Crippen LogP contribution in [0.25, 0.3) is 27.1 Å². The highest BCUT2D eigenvalue weighted by molar-refractivity contribution is 7.19. The Bertz CT molecular complexity index is 1690. The van der Waals surface area contributed by atoms with Crippen LogP contribution in [0.5, 0.6) is 0 Å². The number of H-pyrrole nitrogens is 1. The average molecular weight is 559 g/mol. The first kappa shape index (κ1) is 25.0. The number of likely N-dealkylation sites (tertiary alicyclic amines) is 1. The summed E-state index contributed by atoms with van der Waals surface area (Å²) in [5.74, 6) is 1.69. The van der Waals surface area contributed by atoms with Crippen LogP contribution in [0.15, 0.2) is 12.5 Å². The van der Waals surface area contributed by atoms with Crippen molar-refractivity contribution >= 4 is 33.1 Å². The van der Waals surface area contributed by atoms with Gasteiger partial charge in [-0.2, -0.15) is 5.10 Å². The van der Waals surface area contributed by atoms with Crippen LogP contribution < -0.4 is 5.32 Å². The van der Waals surface area contributed by atoms with E-state index in [9.17, 15) is 9.90 Å². The van der Waals surface area contributed by atoms with Crippen LogP contribution in [-0.2, 0) is 4.79 Å². The molecule has 3 atom stereocenters. The lowest BCUT2D eigenvalue weighted by atomic mass is 9.46. The first-order valence-electron chi connectivity index (χ1n) is 14.8. The third-order valence-electron chi connectivity index (χ3n) is 10.7. The minimum Gasteiger partial charge on any atom is -0.390 e. The maximum Gasteiger partial charge on any atom is 0.234 e. The van der Waals surface area contributed by atoms with Gasteiger partial charge in [-0.1, -0.05) is 13.8 Å². The van der Waals surface area contributed by atoms with E-state index in [0.29, 0.717) is 30.3 Å². The number of aromatic amines is 1. The highest BCUT2D eigenvalue weighted by Gasteiger charge is 2.68. The minimum atomic E-state index is -0.477. The topological polar surface area (TPSA) is 98.5 Å². The molecule has 5 aliphatic rings. The molecule has 1 amide bonds. The van der Waals surface area contributed by atoms with Crippen molar-refractivity contribution in [3.05, 3.63) is 39.7 Å². The van der Waals surface area contributed by atoms with Gasteiger partial charge in [-0.25, -0.2) is 9.50 Å². The quantitative estimate of drug-likeness (QED) is 0.311. The molecule has 8 nitrogen and oxygen atoms in total. The van der Waals surface area contributed by atoms with Gasteiger partial charge in [-0.05, 0) is 92.9 Å². The zero-order chi connectivity index (χ0) is 27.7.